The molecule has 5 unspecified atom stereocenters. The second-order valence-electron chi connectivity index (χ2n) is 22.9. The van der Waals surface area contributed by atoms with Gasteiger partial charge in [0.15, 0.2) is 11.7 Å². The fourth-order valence-electron chi connectivity index (χ4n) is 9.76. The lowest BCUT2D eigenvalue weighted by atomic mass is 9.88. The lowest BCUT2D eigenvalue weighted by Crippen LogP contribution is -2.54. The van der Waals surface area contributed by atoms with Gasteiger partial charge in [0.1, 0.15) is 24.8 Å². The minimum absolute atomic E-state index is 0.0170. The van der Waals surface area contributed by atoms with Gasteiger partial charge in [-0.3, -0.25) is 38.5 Å². The number of aliphatic hydroxyl groups excluding tert-OH is 2. The van der Waals surface area contributed by atoms with Crippen LogP contribution in [0.25, 0.3) is 0 Å². The topological polar surface area (TPSA) is 306 Å². The maximum atomic E-state index is 13.9. The van der Waals surface area contributed by atoms with Gasteiger partial charge in [-0.1, -0.05) is 70.6 Å². The Morgan fingerprint density at radius 1 is 0.881 bits per heavy atom. The highest BCUT2D eigenvalue weighted by atomic mass is 16.6. The summed E-state index contributed by atoms with van der Waals surface area (Å²) in [4.78, 5) is 119. The number of hydrogen-bond donors (Lipinski definition) is 6. The molecule has 23 nitrogen and oxygen atoms in total. The van der Waals surface area contributed by atoms with Gasteiger partial charge in [-0.25, -0.2) is 9.59 Å². The second-order valence-corrected chi connectivity index (χ2v) is 22.9. The van der Waals surface area contributed by atoms with Crippen molar-refractivity contribution in [2.45, 2.75) is 200 Å². The highest BCUT2D eigenvalue weighted by Gasteiger charge is 2.42. The van der Waals surface area contributed by atoms with Crippen LogP contribution in [-0.2, 0) is 63.9 Å². The van der Waals surface area contributed by atoms with E-state index >= 15 is 0 Å². The molecular weight excluding hydrogens is 1090 g/mol. The summed E-state index contributed by atoms with van der Waals surface area (Å²) < 4.78 is 29.3. The lowest BCUT2D eigenvalue weighted by molar-refractivity contribution is -0.158. The Hall–Kier alpha value is -6.95. The summed E-state index contributed by atoms with van der Waals surface area (Å²) in [6.45, 7) is 19.0. The molecule has 0 bridgehead atoms. The van der Waals surface area contributed by atoms with E-state index in [2.05, 4.69) is 16.0 Å². The third-order valence-corrected chi connectivity index (χ3v) is 14.9. The van der Waals surface area contributed by atoms with Crippen LogP contribution in [0.2, 0.25) is 0 Å². The maximum absolute atomic E-state index is 13.9. The molecule has 1 fully saturated rings. The standard InChI is InChI=1S/C61H90N6O17/c1-12-48(70)43(8)81-41(6)36-60(10,79)28-16-17-39(4)55-40(5)19-24-49(82-44(9)68)61(11,29-27-47(69)35-53(74)83-55)84-59(78)66-33-31-65(32-34-66)58(77)80-37-45-20-22-46(23-21-45)63-56(75)42(7)62-57(76)54(38(2)3)64-50(71)18-14-13-15-30-67-51(72)25-26-52(67)73/h16-17,19-26,28,38,40-43,47-49,54-55,69-70,79H,12-15,18,27,29-37H2,1-11H3,(H,62,76)(H,63,75)(H,64,71)/b24-19+,28-16+,39-17+/t40?,41?,42?,43-,47?,48+,49+,54+,55?,60+,61-/m1/s1. The Morgan fingerprint density at radius 2 is 1.51 bits per heavy atom. The van der Waals surface area contributed by atoms with Crippen molar-refractivity contribution in [2.24, 2.45) is 11.8 Å². The predicted octanol–water partition coefficient (Wildman–Crippen LogP) is 5.69. The van der Waals surface area contributed by atoms with E-state index in [1.54, 1.807) is 103 Å². The number of carbonyl (C=O) groups is 9. The number of unbranched alkanes of at least 4 members (excludes halogenated alkanes) is 2. The molecule has 1 aromatic rings. The monoisotopic (exact) mass is 1180 g/mol. The molecule has 0 aromatic heterocycles. The predicted molar refractivity (Wildman–Crippen MR) is 310 cm³/mol. The summed E-state index contributed by atoms with van der Waals surface area (Å²) in [5.74, 6) is -4.22. The Kier molecular flexibility index (Phi) is 27.3. The number of cyclic esters (lactones) is 1. The summed E-state index contributed by atoms with van der Waals surface area (Å²) >= 11 is 0. The first-order valence-corrected chi connectivity index (χ1v) is 29.1. The average molecular weight is 1180 g/mol. The molecule has 1 aromatic carbocycles. The number of amides is 7. The van der Waals surface area contributed by atoms with Gasteiger partial charge in [0.2, 0.25) is 17.7 Å². The molecule has 23 heteroatoms. The number of hydrogen-bond acceptors (Lipinski definition) is 17. The smallest absolute Gasteiger partial charge is 0.410 e. The molecule has 7 amide bonds. The number of rotatable bonds is 25. The summed E-state index contributed by atoms with van der Waals surface area (Å²) in [5.41, 5.74) is -1.18. The first kappa shape index (κ1) is 69.5. The van der Waals surface area contributed by atoms with E-state index in [9.17, 15) is 58.5 Å². The normalized spacial score (nSPS) is 23.7. The Morgan fingerprint density at radius 3 is 2.12 bits per heavy atom. The van der Waals surface area contributed by atoms with E-state index in [-0.39, 0.29) is 101 Å². The van der Waals surface area contributed by atoms with Gasteiger partial charge < -0.3 is 64.8 Å². The van der Waals surface area contributed by atoms with E-state index in [1.165, 1.54) is 35.8 Å². The van der Waals surface area contributed by atoms with Crippen molar-refractivity contribution < 1.29 is 82.2 Å². The third-order valence-electron chi connectivity index (χ3n) is 14.9. The highest BCUT2D eigenvalue weighted by Crippen LogP contribution is 2.31. The number of carbonyl (C=O) groups excluding carboxylic acids is 9. The fourth-order valence-corrected chi connectivity index (χ4v) is 9.76. The van der Waals surface area contributed by atoms with Crippen molar-refractivity contribution in [3.05, 3.63) is 77.9 Å². The van der Waals surface area contributed by atoms with E-state index < -0.39 is 95.7 Å². The van der Waals surface area contributed by atoms with E-state index in [1.807, 2.05) is 13.8 Å². The van der Waals surface area contributed by atoms with Crippen LogP contribution in [-0.4, -0.2) is 176 Å². The van der Waals surface area contributed by atoms with Gasteiger partial charge in [0.25, 0.3) is 11.8 Å². The quantitative estimate of drug-likeness (QED) is 0.0171. The van der Waals surface area contributed by atoms with Crippen LogP contribution in [0.3, 0.4) is 0 Å². The molecule has 3 aliphatic heterocycles. The molecular formula is C61H90N6O17. The molecule has 4 rings (SSSR count). The maximum Gasteiger partial charge on any atom is 0.410 e. The molecule has 3 aliphatic rings. The number of esters is 2. The van der Waals surface area contributed by atoms with Gasteiger partial charge in [-0.05, 0) is 109 Å². The first-order valence-electron chi connectivity index (χ1n) is 29.1. The fraction of sp³-hybridized carbons (Fsp3) is 0.623. The van der Waals surface area contributed by atoms with Crippen molar-refractivity contribution in [3.63, 3.8) is 0 Å². The van der Waals surface area contributed by atoms with Crippen LogP contribution in [0.4, 0.5) is 15.3 Å². The number of allylic oxidation sites excluding steroid dienone is 2. The number of ether oxygens (including phenoxy) is 5. The highest BCUT2D eigenvalue weighted by molar-refractivity contribution is 6.12. The zero-order valence-electron chi connectivity index (χ0n) is 50.6. The van der Waals surface area contributed by atoms with Crippen LogP contribution < -0.4 is 16.0 Å². The number of piperazine rings is 1. The van der Waals surface area contributed by atoms with E-state index in [0.29, 0.717) is 42.5 Å². The minimum Gasteiger partial charge on any atom is -0.457 e. The zero-order chi connectivity index (χ0) is 62.5. The molecule has 3 heterocycles. The van der Waals surface area contributed by atoms with E-state index in [0.717, 1.165) is 4.90 Å². The molecule has 466 valence electrons. The number of nitrogens with one attached hydrogen (secondary N) is 3. The number of anilines is 1. The van der Waals surface area contributed by atoms with Crippen LogP contribution in [0.1, 0.15) is 140 Å². The van der Waals surface area contributed by atoms with Gasteiger partial charge in [-0.2, -0.15) is 0 Å². The number of nitrogens with zero attached hydrogens (tertiary/aromatic N) is 3. The Labute approximate surface area is 493 Å². The molecule has 1 saturated heterocycles. The van der Waals surface area contributed by atoms with Crippen LogP contribution in [0.15, 0.2) is 72.4 Å². The molecule has 84 heavy (non-hydrogen) atoms. The summed E-state index contributed by atoms with van der Waals surface area (Å²) in [5, 5.41) is 40.5. The van der Waals surface area contributed by atoms with Crippen LogP contribution in [0, 0.1) is 11.8 Å². The van der Waals surface area contributed by atoms with Crippen LogP contribution >= 0.6 is 0 Å². The molecule has 0 spiro atoms. The summed E-state index contributed by atoms with van der Waals surface area (Å²) in [7, 11) is 0. The molecule has 6 N–H and O–H groups in total. The summed E-state index contributed by atoms with van der Waals surface area (Å²) in [6.07, 6.45) is 6.82. The summed E-state index contributed by atoms with van der Waals surface area (Å²) in [6, 6.07) is 4.67. The molecule has 0 aliphatic carbocycles. The van der Waals surface area contributed by atoms with Crippen molar-refractivity contribution in [3.8, 4) is 0 Å². The lowest BCUT2D eigenvalue weighted by Gasteiger charge is -2.39. The molecule has 0 radical (unpaired) electrons. The average Bonchev–Trinajstić information content (AvgIpc) is 3.94. The van der Waals surface area contributed by atoms with Gasteiger partial charge >= 0.3 is 24.1 Å². The molecule has 0 saturated carbocycles. The van der Waals surface area contributed by atoms with Gasteiger partial charge in [0.05, 0.1) is 36.4 Å². The van der Waals surface area contributed by atoms with Crippen molar-refractivity contribution >= 4 is 59.3 Å². The Balaban J connectivity index is 1.28. The Bertz CT molecular complexity index is 2540. The van der Waals surface area contributed by atoms with Gasteiger partial charge in [0, 0.05) is 76.2 Å². The largest absolute Gasteiger partial charge is 0.457 e. The number of aliphatic hydroxyl groups is 3. The van der Waals surface area contributed by atoms with E-state index in [4.69, 9.17) is 23.7 Å². The number of benzene rings is 1. The zero-order valence-corrected chi connectivity index (χ0v) is 50.6. The van der Waals surface area contributed by atoms with Crippen molar-refractivity contribution in [1.29, 1.82) is 0 Å². The minimum atomic E-state index is -1.53. The van der Waals surface area contributed by atoms with Crippen molar-refractivity contribution in [1.82, 2.24) is 25.3 Å². The van der Waals surface area contributed by atoms with Crippen LogP contribution in [0.5, 0.6) is 0 Å². The third kappa shape index (κ3) is 22.6. The number of imide groups is 1. The first-order chi connectivity index (χ1) is 39.5. The SMILES string of the molecule is CC[C@H](O)[C@@H](C)OC(C)C[C@@](C)(O)/C=C/C=C(\C)C1OC(=O)CC(O)CC[C@@](C)(OC(=O)N2CCN(C(=O)OCc3ccc(NC(=O)C(C)NC(=O)[C@@H](NC(=O)CCCCCN4C(=O)C=CC4=O)C(C)C)cc3)CC2)[C@@H](OC(C)=O)/C=C/C1C. The van der Waals surface area contributed by atoms with Gasteiger partial charge in [-0.15, -0.1) is 0 Å². The van der Waals surface area contributed by atoms with Crippen molar-refractivity contribution in [2.75, 3.05) is 38.0 Å². The molecule has 11 atom stereocenters. The second kappa shape index (κ2) is 32.9.